The third kappa shape index (κ3) is 4.47. The predicted octanol–water partition coefficient (Wildman–Crippen LogP) is 3.30. The van der Waals surface area contributed by atoms with Crippen LogP contribution in [0.5, 0.6) is 0 Å². The maximum absolute atomic E-state index is 12.3. The number of hydrogen-bond acceptors (Lipinski definition) is 6. The fraction of sp³-hybridized carbons (Fsp3) is 0.200. The van der Waals surface area contributed by atoms with E-state index >= 15 is 0 Å². The molecule has 2 heterocycles. The molecule has 4 rings (SSSR count). The van der Waals surface area contributed by atoms with Crippen LogP contribution in [0.15, 0.2) is 56.9 Å². The molecule has 0 unspecified atom stereocenters. The van der Waals surface area contributed by atoms with Gasteiger partial charge < -0.3 is 4.42 Å². The molecule has 0 saturated carbocycles. The fourth-order valence-electron chi connectivity index (χ4n) is 3.20. The number of sulfonamides is 1. The second kappa shape index (κ2) is 7.94. The molecule has 29 heavy (non-hydrogen) atoms. The van der Waals surface area contributed by atoms with Crippen LogP contribution in [-0.4, -0.2) is 20.5 Å². The van der Waals surface area contributed by atoms with Gasteiger partial charge in [-0.25, -0.2) is 19.0 Å². The monoisotopic (exact) mass is 429 g/mol. The molecular weight excluding hydrogens is 410 g/mol. The number of rotatable bonds is 5. The first-order valence-corrected chi connectivity index (χ1v) is 11.4. The molecule has 3 aromatic rings. The first kappa shape index (κ1) is 19.6. The summed E-state index contributed by atoms with van der Waals surface area (Å²) in [6, 6.07) is 11.5. The van der Waals surface area contributed by atoms with E-state index < -0.39 is 10.0 Å². The standard InChI is InChI=1S/C20H19N3O4S2/c21-29(25,26)16-8-5-13(6-9-16)17-10-7-15(27-17)12-22-23-20(24)19-11-14-3-1-2-4-18(14)28-19/h5-12H,1-4H2,(H,23,24)(H2,21,25,26). The zero-order valence-electron chi connectivity index (χ0n) is 15.4. The summed E-state index contributed by atoms with van der Waals surface area (Å²) in [5.41, 5.74) is 4.51. The van der Waals surface area contributed by atoms with Gasteiger partial charge in [-0.05, 0) is 73.7 Å². The number of primary sulfonamides is 1. The van der Waals surface area contributed by atoms with Crippen LogP contribution in [0, 0.1) is 0 Å². The SMILES string of the molecule is NS(=O)(=O)c1ccc(-c2ccc(C=NNC(=O)c3cc4c(s3)CCCC4)o2)cc1. The molecule has 0 radical (unpaired) electrons. The van der Waals surface area contributed by atoms with Gasteiger partial charge in [0.2, 0.25) is 10.0 Å². The number of hydrogen-bond donors (Lipinski definition) is 2. The molecule has 1 aliphatic rings. The minimum atomic E-state index is -3.73. The van der Waals surface area contributed by atoms with Crippen molar-refractivity contribution in [2.24, 2.45) is 10.2 Å². The van der Waals surface area contributed by atoms with E-state index in [0.29, 0.717) is 22.0 Å². The van der Waals surface area contributed by atoms with Crippen LogP contribution in [0.4, 0.5) is 0 Å². The molecule has 2 aromatic heterocycles. The van der Waals surface area contributed by atoms with Gasteiger partial charge in [0.05, 0.1) is 16.0 Å². The highest BCUT2D eigenvalue weighted by Gasteiger charge is 2.17. The number of nitrogens with one attached hydrogen (secondary N) is 1. The average Bonchev–Trinajstić information content (AvgIpc) is 3.34. The number of amides is 1. The Morgan fingerprint density at radius 2 is 1.90 bits per heavy atom. The van der Waals surface area contributed by atoms with Crippen LogP contribution in [0.3, 0.4) is 0 Å². The lowest BCUT2D eigenvalue weighted by Crippen LogP contribution is -2.16. The van der Waals surface area contributed by atoms with Gasteiger partial charge in [0.1, 0.15) is 11.5 Å². The van der Waals surface area contributed by atoms with Crippen molar-refractivity contribution in [2.45, 2.75) is 30.6 Å². The number of aryl methyl sites for hydroxylation is 2. The highest BCUT2D eigenvalue weighted by Crippen LogP contribution is 2.29. The van der Waals surface area contributed by atoms with E-state index in [1.807, 2.05) is 6.07 Å². The van der Waals surface area contributed by atoms with Gasteiger partial charge in [-0.1, -0.05) is 0 Å². The van der Waals surface area contributed by atoms with Crippen molar-refractivity contribution in [3.05, 3.63) is 63.5 Å². The molecule has 0 aliphatic heterocycles. The molecule has 0 bridgehead atoms. The Hall–Kier alpha value is -2.75. The van der Waals surface area contributed by atoms with Crippen molar-refractivity contribution in [1.29, 1.82) is 0 Å². The van der Waals surface area contributed by atoms with E-state index in [1.54, 1.807) is 24.3 Å². The summed E-state index contributed by atoms with van der Waals surface area (Å²) >= 11 is 1.53. The van der Waals surface area contributed by atoms with Crippen LogP contribution in [0.1, 0.15) is 38.7 Å². The van der Waals surface area contributed by atoms with Gasteiger partial charge in [-0.15, -0.1) is 11.3 Å². The molecule has 150 valence electrons. The quantitative estimate of drug-likeness (QED) is 0.478. The van der Waals surface area contributed by atoms with Gasteiger partial charge in [-0.3, -0.25) is 4.79 Å². The third-order valence-corrected chi connectivity index (χ3v) is 6.84. The smallest absolute Gasteiger partial charge is 0.281 e. The zero-order chi connectivity index (χ0) is 20.4. The van der Waals surface area contributed by atoms with Gasteiger partial charge in [-0.2, -0.15) is 5.10 Å². The summed E-state index contributed by atoms with van der Waals surface area (Å²) in [6.07, 6.45) is 5.86. The molecule has 1 aliphatic carbocycles. The van der Waals surface area contributed by atoms with E-state index in [4.69, 9.17) is 9.56 Å². The molecule has 0 atom stereocenters. The Morgan fingerprint density at radius 1 is 1.14 bits per heavy atom. The normalized spacial score (nSPS) is 14.1. The lowest BCUT2D eigenvalue weighted by Gasteiger charge is -2.08. The summed E-state index contributed by atoms with van der Waals surface area (Å²) < 4.78 is 28.3. The van der Waals surface area contributed by atoms with E-state index in [-0.39, 0.29) is 10.8 Å². The molecule has 1 amide bonds. The van der Waals surface area contributed by atoms with Crippen molar-refractivity contribution in [3.63, 3.8) is 0 Å². The Morgan fingerprint density at radius 3 is 2.62 bits per heavy atom. The Labute approximate surface area is 172 Å². The van der Waals surface area contributed by atoms with Gasteiger partial charge in [0.15, 0.2) is 0 Å². The van der Waals surface area contributed by atoms with Crippen LogP contribution >= 0.6 is 11.3 Å². The Bertz CT molecular complexity index is 1150. The summed E-state index contributed by atoms with van der Waals surface area (Å²) in [6.45, 7) is 0. The van der Waals surface area contributed by atoms with Crippen LogP contribution < -0.4 is 10.6 Å². The van der Waals surface area contributed by atoms with Crippen molar-refractivity contribution in [2.75, 3.05) is 0 Å². The highest BCUT2D eigenvalue weighted by atomic mass is 32.2. The number of nitrogens with zero attached hydrogens (tertiary/aromatic N) is 1. The number of benzene rings is 1. The van der Waals surface area contributed by atoms with Gasteiger partial charge in [0, 0.05) is 10.4 Å². The summed E-state index contributed by atoms with van der Waals surface area (Å²) in [5, 5.41) is 9.07. The average molecular weight is 430 g/mol. The largest absolute Gasteiger partial charge is 0.455 e. The molecule has 0 spiro atoms. The van der Waals surface area contributed by atoms with E-state index in [2.05, 4.69) is 10.5 Å². The minimum absolute atomic E-state index is 0.0348. The summed E-state index contributed by atoms with van der Waals surface area (Å²) in [7, 11) is -3.73. The predicted molar refractivity (Wildman–Crippen MR) is 112 cm³/mol. The van der Waals surface area contributed by atoms with Crippen molar-refractivity contribution in [1.82, 2.24) is 5.43 Å². The molecule has 1 aromatic carbocycles. The number of thiophene rings is 1. The zero-order valence-corrected chi connectivity index (χ0v) is 17.1. The maximum atomic E-state index is 12.3. The number of furan rings is 1. The van der Waals surface area contributed by atoms with Crippen molar-refractivity contribution in [3.8, 4) is 11.3 Å². The number of hydrazone groups is 1. The minimum Gasteiger partial charge on any atom is -0.455 e. The number of carbonyl (C=O) groups excluding carboxylic acids is 1. The Balaban J connectivity index is 1.40. The molecule has 9 heteroatoms. The summed E-state index contributed by atoms with van der Waals surface area (Å²) in [5.74, 6) is 0.775. The lowest BCUT2D eigenvalue weighted by atomic mass is 9.99. The first-order valence-electron chi connectivity index (χ1n) is 9.08. The van der Waals surface area contributed by atoms with E-state index in [1.165, 1.54) is 53.0 Å². The molecular formula is C20H19N3O4S2. The maximum Gasteiger partial charge on any atom is 0.281 e. The lowest BCUT2D eigenvalue weighted by molar-refractivity contribution is 0.0959. The van der Waals surface area contributed by atoms with Crippen molar-refractivity contribution < 1.29 is 17.6 Å². The van der Waals surface area contributed by atoms with Crippen LogP contribution in [0.2, 0.25) is 0 Å². The fourth-order valence-corrected chi connectivity index (χ4v) is 4.86. The highest BCUT2D eigenvalue weighted by molar-refractivity contribution is 7.89. The van der Waals surface area contributed by atoms with E-state index in [0.717, 1.165) is 12.8 Å². The van der Waals surface area contributed by atoms with Gasteiger partial charge >= 0.3 is 0 Å². The molecule has 0 saturated heterocycles. The number of fused-ring (bicyclic) bond motifs is 1. The van der Waals surface area contributed by atoms with Crippen LogP contribution in [0.25, 0.3) is 11.3 Å². The van der Waals surface area contributed by atoms with Gasteiger partial charge in [0.25, 0.3) is 5.91 Å². The number of carbonyl (C=O) groups is 1. The molecule has 3 N–H and O–H groups in total. The van der Waals surface area contributed by atoms with Crippen molar-refractivity contribution >= 4 is 33.5 Å². The second-order valence-electron chi connectivity index (χ2n) is 6.74. The molecule has 0 fully saturated rings. The first-order chi connectivity index (χ1) is 13.9. The third-order valence-electron chi connectivity index (χ3n) is 4.67. The number of nitrogens with two attached hydrogens (primary N) is 1. The Kier molecular flexibility index (Phi) is 5.35. The topological polar surface area (TPSA) is 115 Å². The van der Waals surface area contributed by atoms with E-state index in [9.17, 15) is 13.2 Å². The second-order valence-corrected chi connectivity index (χ2v) is 9.43. The van der Waals surface area contributed by atoms with Crippen LogP contribution in [-0.2, 0) is 22.9 Å². The molecule has 7 nitrogen and oxygen atoms in total. The summed E-state index contributed by atoms with van der Waals surface area (Å²) in [4.78, 5) is 14.3.